The molecular weight excluding hydrogens is 384 g/mol. The zero-order chi connectivity index (χ0) is 20.8. The summed E-state index contributed by atoms with van der Waals surface area (Å²) < 4.78 is 0. The van der Waals surface area contributed by atoms with Crippen LogP contribution in [0, 0.1) is 11.3 Å². The van der Waals surface area contributed by atoms with Gasteiger partial charge in [-0.05, 0) is 29.8 Å². The van der Waals surface area contributed by atoms with Crippen molar-refractivity contribution in [3.05, 3.63) is 72.1 Å². The smallest absolute Gasteiger partial charge is 0.102 e. The first kappa shape index (κ1) is 18.5. The summed E-state index contributed by atoms with van der Waals surface area (Å²) in [5.74, 6) is 0. The highest BCUT2D eigenvalue weighted by atomic mass is 15.4. The Bertz CT molecular complexity index is 1200. The van der Waals surface area contributed by atoms with Crippen LogP contribution in [-0.4, -0.2) is 71.8 Å². The van der Waals surface area contributed by atoms with E-state index in [-0.39, 0.29) is 5.54 Å². The molecule has 1 aromatic carbocycles. The fraction of sp³-hybridized carbons (Fsp3) is 0.320. The van der Waals surface area contributed by atoms with Crippen molar-refractivity contribution in [2.24, 2.45) is 4.99 Å². The maximum absolute atomic E-state index is 9.48. The van der Waals surface area contributed by atoms with Crippen molar-refractivity contribution in [1.82, 2.24) is 14.8 Å². The second kappa shape index (κ2) is 7.16. The summed E-state index contributed by atoms with van der Waals surface area (Å²) in [5, 5.41) is 10.5. The predicted octanol–water partition coefficient (Wildman–Crippen LogP) is 2.75. The van der Waals surface area contributed by atoms with E-state index in [0.29, 0.717) is 11.6 Å². The third kappa shape index (κ3) is 2.85. The van der Waals surface area contributed by atoms with Gasteiger partial charge in [0.2, 0.25) is 0 Å². The number of pyridine rings is 1. The van der Waals surface area contributed by atoms with Crippen LogP contribution < -0.4 is 4.90 Å². The molecule has 0 spiro atoms. The van der Waals surface area contributed by atoms with E-state index >= 15 is 0 Å². The SMILES string of the molecule is N#Cc1ccc(N2CCN3CCN(C45C=CC=CC4=CN=C5)CC3C2)c2cccnc12. The number of aliphatic imine (C=N–C) groups is 1. The highest BCUT2D eigenvalue weighted by Gasteiger charge is 2.43. The number of aromatic nitrogens is 1. The molecule has 2 unspecified atom stereocenters. The number of anilines is 1. The molecule has 6 rings (SSSR count). The van der Waals surface area contributed by atoms with Crippen LogP contribution in [0.1, 0.15) is 5.56 Å². The van der Waals surface area contributed by atoms with E-state index in [4.69, 9.17) is 0 Å². The summed E-state index contributed by atoms with van der Waals surface area (Å²) in [6.45, 7) is 6.14. The standard InChI is InChI=1S/C25H24N6/c26-14-19-6-7-23(22-5-3-9-28-24(19)22)30-11-10-29-12-13-31(17-21(29)16-30)25-8-2-1-4-20(25)15-27-18-25/h1-9,15,18,21H,10-13,16-17H2. The zero-order valence-corrected chi connectivity index (χ0v) is 17.4. The fourth-order valence-electron chi connectivity index (χ4n) is 5.49. The normalized spacial score (nSPS) is 27.8. The highest BCUT2D eigenvalue weighted by Crippen LogP contribution is 2.36. The number of hydrogen-bond acceptors (Lipinski definition) is 6. The molecule has 0 radical (unpaired) electrons. The molecule has 2 atom stereocenters. The lowest BCUT2D eigenvalue weighted by molar-refractivity contribution is 0.0481. The van der Waals surface area contributed by atoms with Crippen LogP contribution in [0.5, 0.6) is 0 Å². The number of rotatable bonds is 2. The third-order valence-electron chi connectivity index (χ3n) is 7.11. The third-order valence-corrected chi connectivity index (χ3v) is 7.11. The number of nitriles is 1. The molecule has 1 aliphatic carbocycles. The first-order valence-corrected chi connectivity index (χ1v) is 10.9. The molecule has 6 nitrogen and oxygen atoms in total. The minimum Gasteiger partial charge on any atom is -0.368 e. The first-order valence-electron chi connectivity index (χ1n) is 10.9. The van der Waals surface area contributed by atoms with Crippen LogP contribution in [-0.2, 0) is 0 Å². The second-order valence-electron chi connectivity index (χ2n) is 8.63. The Morgan fingerprint density at radius 1 is 1.06 bits per heavy atom. The summed E-state index contributed by atoms with van der Waals surface area (Å²) >= 11 is 0. The highest BCUT2D eigenvalue weighted by molar-refractivity contribution is 5.95. The molecule has 1 aromatic heterocycles. The molecule has 31 heavy (non-hydrogen) atoms. The maximum Gasteiger partial charge on any atom is 0.102 e. The summed E-state index contributed by atoms with van der Waals surface area (Å²) in [6, 6.07) is 10.8. The number of allylic oxidation sites excluding steroid dienone is 2. The van der Waals surface area contributed by atoms with Crippen LogP contribution in [0.3, 0.4) is 0 Å². The van der Waals surface area contributed by atoms with Crippen molar-refractivity contribution in [3.8, 4) is 6.07 Å². The van der Waals surface area contributed by atoms with Gasteiger partial charge in [0.25, 0.3) is 0 Å². The Morgan fingerprint density at radius 2 is 2.00 bits per heavy atom. The van der Waals surface area contributed by atoms with Gasteiger partial charge >= 0.3 is 0 Å². The lowest BCUT2D eigenvalue weighted by atomic mass is 9.85. The molecule has 2 aromatic rings. The lowest BCUT2D eigenvalue weighted by Crippen LogP contribution is -2.66. The molecule has 2 fully saturated rings. The van der Waals surface area contributed by atoms with Gasteiger partial charge in [-0.15, -0.1) is 0 Å². The van der Waals surface area contributed by atoms with Crippen LogP contribution in [0.4, 0.5) is 5.69 Å². The molecule has 6 heteroatoms. The van der Waals surface area contributed by atoms with Crippen molar-refractivity contribution in [3.63, 3.8) is 0 Å². The van der Waals surface area contributed by atoms with E-state index in [1.807, 2.05) is 18.3 Å². The monoisotopic (exact) mass is 408 g/mol. The summed E-state index contributed by atoms with van der Waals surface area (Å²) in [4.78, 5) is 16.7. The Labute approximate surface area is 182 Å². The Balaban J connectivity index is 1.29. The van der Waals surface area contributed by atoms with Gasteiger partial charge in [-0.25, -0.2) is 0 Å². The molecule has 2 saturated heterocycles. The van der Waals surface area contributed by atoms with Gasteiger partial charge in [0.15, 0.2) is 0 Å². The minimum atomic E-state index is -0.186. The predicted molar refractivity (Wildman–Crippen MR) is 123 cm³/mol. The Morgan fingerprint density at radius 3 is 2.94 bits per heavy atom. The van der Waals surface area contributed by atoms with E-state index in [9.17, 15) is 5.26 Å². The van der Waals surface area contributed by atoms with Crippen molar-refractivity contribution < 1.29 is 0 Å². The Hall–Kier alpha value is -3.27. The maximum atomic E-state index is 9.48. The average molecular weight is 409 g/mol. The molecule has 0 amide bonds. The number of hydrogen-bond donors (Lipinski definition) is 0. The number of fused-ring (bicyclic) bond motifs is 3. The number of nitrogens with zero attached hydrogens (tertiary/aromatic N) is 6. The molecule has 4 heterocycles. The zero-order valence-electron chi connectivity index (χ0n) is 17.4. The van der Waals surface area contributed by atoms with Gasteiger partial charge < -0.3 is 4.90 Å². The summed E-state index contributed by atoms with van der Waals surface area (Å²) in [5.41, 5.74) is 3.69. The van der Waals surface area contributed by atoms with Gasteiger partial charge in [-0.2, -0.15) is 5.26 Å². The van der Waals surface area contributed by atoms with Crippen LogP contribution in [0.15, 0.2) is 71.5 Å². The van der Waals surface area contributed by atoms with Gasteiger partial charge in [0.05, 0.1) is 11.1 Å². The molecule has 4 aliphatic rings. The van der Waals surface area contributed by atoms with Gasteiger partial charge in [-0.1, -0.05) is 24.3 Å². The minimum absolute atomic E-state index is 0.186. The van der Waals surface area contributed by atoms with Crippen LogP contribution >= 0.6 is 0 Å². The van der Waals surface area contributed by atoms with E-state index in [1.54, 1.807) is 6.20 Å². The lowest BCUT2D eigenvalue weighted by Gasteiger charge is -2.52. The first-order chi connectivity index (χ1) is 15.3. The van der Waals surface area contributed by atoms with E-state index in [1.165, 1.54) is 11.3 Å². The Kier molecular flexibility index (Phi) is 4.27. The number of benzene rings is 1. The molecule has 154 valence electrons. The van der Waals surface area contributed by atoms with E-state index in [0.717, 1.165) is 50.2 Å². The van der Waals surface area contributed by atoms with Crippen LogP contribution in [0.2, 0.25) is 0 Å². The van der Waals surface area contributed by atoms with Gasteiger partial charge in [0.1, 0.15) is 11.6 Å². The molecule has 3 aliphatic heterocycles. The molecule has 0 saturated carbocycles. The fourth-order valence-corrected chi connectivity index (χ4v) is 5.49. The van der Waals surface area contributed by atoms with E-state index < -0.39 is 0 Å². The van der Waals surface area contributed by atoms with Gasteiger partial charge in [0, 0.05) is 75.0 Å². The van der Waals surface area contributed by atoms with Crippen molar-refractivity contribution in [2.45, 2.75) is 11.6 Å². The van der Waals surface area contributed by atoms with Crippen molar-refractivity contribution >= 4 is 22.8 Å². The number of piperazine rings is 2. The van der Waals surface area contributed by atoms with Crippen molar-refractivity contribution in [2.75, 3.05) is 44.2 Å². The summed E-state index contributed by atoms with van der Waals surface area (Å²) in [7, 11) is 0. The van der Waals surface area contributed by atoms with Crippen molar-refractivity contribution in [1.29, 1.82) is 5.26 Å². The molecule has 0 N–H and O–H groups in total. The largest absolute Gasteiger partial charge is 0.368 e. The van der Waals surface area contributed by atoms with E-state index in [2.05, 4.69) is 73.4 Å². The second-order valence-corrected chi connectivity index (χ2v) is 8.63. The molecule has 0 bridgehead atoms. The topological polar surface area (TPSA) is 58.8 Å². The molecular formula is C25H24N6. The summed E-state index contributed by atoms with van der Waals surface area (Å²) in [6.07, 6.45) is 14.6. The van der Waals surface area contributed by atoms with Gasteiger partial charge in [-0.3, -0.25) is 19.8 Å². The quantitative estimate of drug-likeness (QED) is 0.765. The van der Waals surface area contributed by atoms with Crippen LogP contribution in [0.25, 0.3) is 10.9 Å². The average Bonchev–Trinajstić information content (AvgIpc) is 3.28.